The normalized spacial score (nSPS) is 11.5. The van der Waals surface area contributed by atoms with Crippen LogP contribution in [0.15, 0.2) is 152 Å². The molecule has 0 N–H and O–H groups in total. The van der Waals surface area contributed by atoms with Crippen molar-refractivity contribution in [2.45, 2.75) is 0 Å². The molecule has 0 saturated carbocycles. The van der Waals surface area contributed by atoms with Crippen molar-refractivity contribution in [2.24, 2.45) is 0 Å². The molecule has 0 unspecified atom stereocenters. The van der Waals surface area contributed by atoms with Crippen LogP contribution in [0.4, 0.5) is 0 Å². The Bertz CT molecular complexity index is 2570. The molecule has 0 aliphatic carbocycles. The molecule has 5 nitrogen and oxygen atoms in total. The highest BCUT2D eigenvalue weighted by Gasteiger charge is 2.14. The van der Waals surface area contributed by atoms with E-state index < -0.39 is 0 Å². The number of hydrogen-bond acceptors (Lipinski definition) is 5. The van der Waals surface area contributed by atoms with Gasteiger partial charge in [0.25, 0.3) is 0 Å². The topological polar surface area (TPSA) is 64.5 Å². The fourth-order valence-electron chi connectivity index (χ4n) is 6.22. The Morgan fingerprint density at radius 2 is 1.02 bits per heavy atom. The molecule has 5 aromatic carbocycles. The summed E-state index contributed by atoms with van der Waals surface area (Å²) in [6.07, 6.45) is 1.79. The molecule has 9 aromatic rings. The van der Waals surface area contributed by atoms with Crippen molar-refractivity contribution < 1.29 is 0 Å². The largest absolute Gasteiger partial charge is 0.255 e. The minimum absolute atomic E-state index is 0.692. The average molecular weight is 588 g/mol. The van der Waals surface area contributed by atoms with Crippen LogP contribution in [0.5, 0.6) is 0 Å². The van der Waals surface area contributed by atoms with Crippen molar-refractivity contribution >= 4 is 43.5 Å². The maximum absolute atomic E-state index is 5.16. The van der Waals surface area contributed by atoms with Gasteiger partial charge in [0.1, 0.15) is 0 Å². The number of hydrogen-bond donors (Lipinski definition) is 0. The van der Waals surface area contributed by atoms with Gasteiger partial charge < -0.3 is 0 Å². The molecule has 0 bridgehead atoms. The molecular weight excluding hydrogens is 562 g/mol. The lowest BCUT2D eigenvalue weighted by Gasteiger charge is -2.12. The Kier molecular flexibility index (Phi) is 6.06. The molecular formula is C41H25N5. The molecule has 0 aliphatic heterocycles. The maximum atomic E-state index is 5.16. The van der Waals surface area contributed by atoms with Gasteiger partial charge >= 0.3 is 0 Å². The molecule has 214 valence electrons. The quantitative estimate of drug-likeness (QED) is 0.192. The predicted molar refractivity (Wildman–Crippen MR) is 187 cm³/mol. The summed E-state index contributed by atoms with van der Waals surface area (Å²) in [6.45, 7) is 0. The standard InChI is InChI=1S/C41H25N5/c1-2-10-31-26(8-1)9-7-12-32(31)40-33-11-3-4-13-35(33)45-41(46-40)30-19-15-27(16-20-30)34-23-21-28-17-18-29-22-24-37(36-14-5-6-25-42-36)44-39(29)38(28)43-34/h1-25H. The monoisotopic (exact) mass is 587 g/mol. The number of fused-ring (bicyclic) bond motifs is 5. The molecule has 0 fully saturated rings. The first-order valence-corrected chi connectivity index (χ1v) is 15.3. The number of pyridine rings is 3. The second-order valence-electron chi connectivity index (χ2n) is 11.3. The Balaban J connectivity index is 1.13. The number of nitrogens with zero attached hydrogens (tertiary/aromatic N) is 5. The van der Waals surface area contributed by atoms with Gasteiger partial charge in [-0.05, 0) is 41.1 Å². The van der Waals surface area contributed by atoms with Crippen molar-refractivity contribution in [3.8, 4) is 45.3 Å². The lowest BCUT2D eigenvalue weighted by molar-refractivity contribution is 1.23. The van der Waals surface area contributed by atoms with Gasteiger partial charge in [0.2, 0.25) is 0 Å². The second-order valence-corrected chi connectivity index (χ2v) is 11.3. The fourth-order valence-corrected chi connectivity index (χ4v) is 6.22. The van der Waals surface area contributed by atoms with Crippen molar-refractivity contribution in [3.63, 3.8) is 0 Å². The van der Waals surface area contributed by atoms with Crippen LogP contribution in [0, 0.1) is 0 Å². The first kappa shape index (κ1) is 26.1. The summed E-state index contributed by atoms with van der Waals surface area (Å²) in [7, 11) is 0. The van der Waals surface area contributed by atoms with Gasteiger partial charge in [-0.25, -0.2) is 19.9 Å². The van der Waals surface area contributed by atoms with E-state index in [-0.39, 0.29) is 0 Å². The van der Waals surface area contributed by atoms with Crippen LogP contribution in [0.1, 0.15) is 0 Å². The van der Waals surface area contributed by atoms with Crippen LogP contribution in [-0.4, -0.2) is 24.9 Å². The molecule has 0 radical (unpaired) electrons. The van der Waals surface area contributed by atoms with E-state index in [0.29, 0.717) is 5.82 Å². The Labute approximate surface area is 264 Å². The zero-order valence-corrected chi connectivity index (χ0v) is 24.7. The van der Waals surface area contributed by atoms with Gasteiger partial charge in [0.15, 0.2) is 5.82 Å². The molecule has 0 aliphatic rings. The predicted octanol–water partition coefficient (Wildman–Crippen LogP) is 9.94. The molecule has 0 atom stereocenters. The molecule has 4 heterocycles. The summed E-state index contributed by atoms with van der Waals surface area (Å²) >= 11 is 0. The molecule has 0 spiro atoms. The van der Waals surface area contributed by atoms with Crippen LogP contribution < -0.4 is 0 Å². The number of benzene rings is 5. The van der Waals surface area contributed by atoms with E-state index in [9.17, 15) is 0 Å². The SMILES string of the molecule is c1ccc(-c2ccc3ccc4ccc(-c5ccc(-c6nc(-c7cccc8ccccc78)c7ccccc7n6)cc5)nc4c3n2)nc1. The summed E-state index contributed by atoms with van der Waals surface area (Å²) in [4.78, 5) is 24.8. The summed E-state index contributed by atoms with van der Waals surface area (Å²) in [6, 6.07) is 49.8. The smallest absolute Gasteiger partial charge is 0.160 e. The minimum Gasteiger partial charge on any atom is -0.255 e. The van der Waals surface area contributed by atoms with E-state index in [2.05, 4.69) is 114 Å². The van der Waals surface area contributed by atoms with Crippen LogP contribution in [-0.2, 0) is 0 Å². The van der Waals surface area contributed by atoms with Gasteiger partial charge in [0, 0.05) is 39.0 Å². The Hall–Kier alpha value is -6.33. The van der Waals surface area contributed by atoms with Crippen LogP contribution >= 0.6 is 0 Å². The van der Waals surface area contributed by atoms with E-state index in [4.69, 9.17) is 19.9 Å². The van der Waals surface area contributed by atoms with E-state index in [1.165, 1.54) is 10.8 Å². The molecule has 4 aromatic heterocycles. The first-order valence-electron chi connectivity index (χ1n) is 15.3. The molecule has 9 rings (SSSR count). The van der Waals surface area contributed by atoms with Crippen molar-refractivity contribution in [1.29, 1.82) is 0 Å². The molecule has 0 amide bonds. The van der Waals surface area contributed by atoms with Gasteiger partial charge in [-0.2, -0.15) is 0 Å². The van der Waals surface area contributed by atoms with E-state index >= 15 is 0 Å². The zero-order chi connectivity index (χ0) is 30.5. The zero-order valence-electron chi connectivity index (χ0n) is 24.7. The van der Waals surface area contributed by atoms with Crippen LogP contribution in [0.25, 0.3) is 88.8 Å². The van der Waals surface area contributed by atoms with E-state index in [1.54, 1.807) is 6.20 Å². The fraction of sp³-hybridized carbons (Fsp3) is 0. The summed E-state index contributed by atoms with van der Waals surface area (Å²) in [5.41, 5.74) is 9.20. The van der Waals surface area contributed by atoms with Crippen molar-refractivity contribution in [2.75, 3.05) is 0 Å². The van der Waals surface area contributed by atoms with Crippen LogP contribution in [0.3, 0.4) is 0 Å². The second kappa shape index (κ2) is 10.7. The van der Waals surface area contributed by atoms with E-state index in [0.717, 1.165) is 72.2 Å². The van der Waals surface area contributed by atoms with Crippen LogP contribution in [0.2, 0.25) is 0 Å². The third kappa shape index (κ3) is 4.45. The van der Waals surface area contributed by atoms with E-state index in [1.807, 2.05) is 36.4 Å². The lowest BCUT2D eigenvalue weighted by atomic mass is 9.99. The van der Waals surface area contributed by atoms with Gasteiger partial charge in [0.05, 0.1) is 39.3 Å². The van der Waals surface area contributed by atoms with Crippen molar-refractivity contribution in [3.05, 3.63) is 152 Å². The third-order valence-electron chi connectivity index (χ3n) is 8.53. The summed E-state index contributed by atoms with van der Waals surface area (Å²) in [5.74, 6) is 0.692. The van der Waals surface area contributed by atoms with Gasteiger partial charge in [-0.3, -0.25) is 4.98 Å². The van der Waals surface area contributed by atoms with Gasteiger partial charge in [-0.15, -0.1) is 0 Å². The lowest BCUT2D eigenvalue weighted by Crippen LogP contribution is -1.96. The van der Waals surface area contributed by atoms with Crippen molar-refractivity contribution in [1.82, 2.24) is 24.9 Å². The highest BCUT2D eigenvalue weighted by atomic mass is 14.9. The minimum atomic E-state index is 0.692. The number of aromatic nitrogens is 5. The number of rotatable bonds is 4. The summed E-state index contributed by atoms with van der Waals surface area (Å²) in [5, 5.41) is 5.48. The number of para-hydroxylation sites is 1. The first-order chi connectivity index (χ1) is 22.8. The third-order valence-corrected chi connectivity index (χ3v) is 8.53. The Morgan fingerprint density at radius 1 is 0.370 bits per heavy atom. The highest BCUT2D eigenvalue weighted by molar-refractivity contribution is 6.05. The highest BCUT2D eigenvalue weighted by Crippen LogP contribution is 2.34. The Morgan fingerprint density at radius 3 is 1.83 bits per heavy atom. The molecule has 5 heteroatoms. The maximum Gasteiger partial charge on any atom is 0.160 e. The van der Waals surface area contributed by atoms with Gasteiger partial charge in [-0.1, -0.05) is 115 Å². The molecule has 0 saturated heterocycles. The molecule has 46 heavy (non-hydrogen) atoms. The summed E-state index contributed by atoms with van der Waals surface area (Å²) < 4.78 is 0. The average Bonchev–Trinajstić information content (AvgIpc) is 3.14.